The molecule has 0 aromatic rings. The van der Waals surface area contributed by atoms with Gasteiger partial charge < -0.3 is 9.47 Å². The van der Waals surface area contributed by atoms with E-state index in [0.717, 1.165) is 13.8 Å². The third-order valence-electron chi connectivity index (χ3n) is 3.55. The summed E-state index contributed by atoms with van der Waals surface area (Å²) >= 11 is 0. The second-order valence-corrected chi connectivity index (χ2v) is 5.68. The summed E-state index contributed by atoms with van der Waals surface area (Å²) in [4.78, 5) is 1.79. The van der Waals surface area contributed by atoms with Crippen LogP contribution in [0.15, 0.2) is 0 Å². The van der Waals surface area contributed by atoms with E-state index < -0.39 is 30.0 Å². The molecule has 0 radical (unpaired) electrons. The van der Waals surface area contributed by atoms with E-state index >= 15 is 0 Å². The van der Waals surface area contributed by atoms with Gasteiger partial charge in [0.15, 0.2) is 0 Å². The van der Waals surface area contributed by atoms with Crippen LogP contribution >= 0.6 is 0 Å². The Morgan fingerprint density at radius 1 is 1.00 bits per heavy atom. The quantitative estimate of drug-likeness (QED) is 0.655. The smallest absolute Gasteiger partial charge is 0.379 e. The van der Waals surface area contributed by atoms with Crippen molar-refractivity contribution in [3.63, 3.8) is 0 Å². The Morgan fingerprint density at radius 3 is 1.96 bits per heavy atom. The molecule has 1 heterocycles. The van der Waals surface area contributed by atoms with Crippen LogP contribution in [0.2, 0.25) is 0 Å². The summed E-state index contributed by atoms with van der Waals surface area (Å²) in [7, 11) is 0. The molecular weight excluding hydrogens is 335 g/mol. The molecule has 0 spiro atoms. The van der Waals surface area contributed by atoms with Crippen LogP contribution < -0.4 is 0 Å². The minimum atomic E-state index is -6.35. The number of halogens is 7. The summed E-state index contributed by atoms with van der Waals surface area (Å²) in [6, 6.07) is 0. The highest BCUT2D eigenvalue weighted by molar-refractivity contribution is 4.97. The van der Waals surface area contributed by atoms with Crippen molar-refractivity contribution in [1.82, 2.24) is 4.90 Å². The van der Waals surface area contributed by atoms with Gasteiger partial charge in [-0.15, -0.1) is 0 Å². The molecule has 1 unspecified atom stereocenters. The van der Waals surface area contributed by atoms with Crippen LogP contribution in [0.5, 0.6) is 0 Å². The van der Waals surface area contributed by atoms with Crippen molar-refractivity contribution < 1.29 is 40.2 Å². The Bertz CT molecular complexity index is 368. The van der Waals surface area contributed by atoms with Crippen molar-refractivity contribution in [3.05, 3.63) is 0 Å². The highest BCUT2D eigenvalue weighted by atomic mass is 19.4. The number of ether oxygens (including phenoxy) is 2. The topological polar surface area (TPSA) is 21.7 Å². The Hall–Kier alpha value is -0.610. The summed E-state index contributed by atoms with van der Waals surface area (Å²) in [6.45, 7) is 3.92. The SMILES string of the molecule is CC(C)C(OCCN1CCOCC1)C(F)(F)C(F)(F)C(F)(F)F. The average Bonchev–Trinajstić information content (AvgIpc) is 2.42. The van der Waals surface area contributed by atoms with E-state index in [-0.39, 0.29) is 13.2 Å². The van der Waals surface area contributed by atoms with Gasteiger partial charge in [0.1, 0.15) is 6.10 Å². The van der Waals surface area contributed by atoms with Crippen molar-refractivity contribution in [2.24, 2.45) is 5.92 Å². The predicted molar refractivity (Wildman–Crippen MR) is 67.8 cm³/mol. The maximum atomic E-state index is 13.7. The molecule has 0 aromatic heterocycles. The van der Waals surface area contributed by atoms with E-state index in [2.05, 4.69) is 0 Å². The molecule has 0 saturated carbocycles. The van der Waals surface area contributed by atoms with Crippen LogP contribution in [0.25, 0.3) is 0 Å². The number of alkyl halides is 7. The lowest BCUT2D eigenvalue weighted by molar-refractivity contribution is -0.376. The molecule has 0 amide bonds. The number of hydrogen-bond acceptors (Lipinski definition) is 3. The van der Waals surface area contributed by atoms with Crippen molar-refractivity contribution in [2.75, 3.05) is 39.5 Å². The molecule has 138 valence electrons. The number of morpholine rings is 1. The molecule has 0 N–H and O–H groups in total. The van der Waals surface area contributed by atoms with Gasteiger partial charge in [0.05, 0.1) is 19.8 Å². The van der Waals surface area contributed by atoms with Gasteiger partial charge in [-0.25, -0.2) is 0 Å². The largest absolute Gasteiger partial charge is 0.459 e. The lowest BCUT2D eigenvalue weighted by Gasteiger charge is -2.36. The first-order valence-electron chi connectivity index (χ1n) is 7.15. The van der Waals surface area contributed by atoms with E-state index in [1.165, 1.54) is 0 Å². The standard InChI is InChI=1S/C13H20F7NO2/c1-9(2)10(11(14,15)12(16,17)13(18,19)20)23-8-5-21-3-6-22-7-4-21/h9-10H,3-8H2,1-2H3. The van der Waals surface area contributed by atoms with Gasteiger partial charge in [-0.1, -0.05) is 13.8 Å². The monoisotopic (exact) mass is 355 g/mol. The second kappa shape index (κ2) is 7.52. The molecule has 0 aliphatic carbocycles. The zero-order chi connectivity index (χ0) is 17.9. The van der Waals surface area contributed by atoms with Crippen molar-refractivity contribution in [2.45, 2.75) is 38.0 Å². The molecule has 23 heavy (non-hydrogen) atoms. The molecular formula is C13H20F7NO2. The van der Waals surface area contributed by atoms with Gasteiger partial charge in [0.2, 0.25) is 0 Å². The predicted octanol–water partition coefficient (Wildman–Crippen LogP) is 3.19. The molecule has 1 atom stereocenters. The molecule has 0 bridgehead atoms. The van der Waals surface area contributed by atoms with E-state index in [1.54, 1.807) is 4.90 Å². The Labute approximate surface area is 129 Å². The second-order valence-electron chi connectivity index (χ2n) is 5.68. The normalized spacial score (nSPS) is 20.1. The molecule has 10 heteroatoms. The highest BCUT2D eigenvalue weighted by Gasteiger charge is 2.76. The van der Waals surface area contributed by atoms with Crippen LogP contribution in [0.1, 0.15) is 13.8 Å². The van der Waals surface area contributed by atoms with Crippen LogP contribution in [-0.2, 0) is 9.47 Å². The molecule has 1 rings (SSSR count). The zero-order valence-electron chi connectivity index (χ0n) is 12.8. The first-order chi connectivity index (χ1) is 10.4. The van der Waals surface area contributed by atoms with Gasteiger partial charge in [-0.05, 0) is 5.92 Å². The van der Waals surface area contributed by atoms with E-state index in [0.29, 0.717) is 26.3 Å². The molecule has 1 saturated heterocycles. The number of hydrogen-bond donors (Lipinski definition) is 0. The maximum Gasteiger partial charge on any atom is 0.459 e. The molecule has 0 aromatic carbocycles. The summed E-state index contributed by atoms with van der Waals surface area (Å²) in [5.74, 6) is -12.7. The molecule has 1 fully saturated rings. The molecule has 3 nitrogen and oxygen atoms in total. The summed E-state index contributed by atoms with van der Waals surface area (Å²) in [6.07, 6.45) is -8.89. The van der Waals surface area contributed by atoms with Crippen LogP contribution in [0.3, 0.4) is 0 Å². The maximum absolute atomic E-state index is 13.7. The van der Waals surface area contributed by atoms with Crippen molar-refractivity contribution >= 4 is 0 Å². The number of nitrogens with zero attached hydrogens (tertiary/aromatic N) is 1. The van der Waals surface area contributed by atoms with Crippen molar-refractivity contribution in [3.8, 4) is 0 Å². The fourth-order valence-electron chi connectivity index (χ4n) is 2.22. The first kappa shape index (κ1) is 20.4. The van der Waals surface area contributed by atoms with E-state index in [9.17, 15) is 30.7 Å². The van der Waals surface area contributed by atoms with Crippen LogP contribution in [0.4, 0.5) is 30.7 Å². The number of rotatable bonds is 7. The van der Waals surface area contributed by atoms with Gasteiger partial charge in [0.25, 0.3) is 0 Å². The lowest BCUT2D eigenvalue weighted by atomic mass is 9.95. The Morgan fingerprint density at radius 2 is 1.52 bits per heavy atom. The summed E-state index contributed by atoms with van der Waals surface area (Å²) < 4.78 is 100. The fourth-order valence-corrected chi connectivity index (χ4v) is 2.22. The summed E-state index contributed by atoms with van der Waals surface area (Å²) in [5, 5.41) is 0. The fraction of sp³-hybridized carbons (Fsp3) is 1.00. The van der Waals surface area contributed by atoms with Gasteiger partial charge in [0, 0.05) is 19.6 Å². The van der Waals surface area contributed by atoms with Gasteiger partial charge >= 0.3 is 18.0 Å². The zero-order valence-corrected chi connectivity index (χ0v) is 12.8. The highest BCUT2D eigenvalue weighted by Crippen LogP contribution is 2.49. The minimum absolute atomic E-state index is 0.153. The van der Waals surface area contributed by atoms with E-state index in [4.69, 9.17) is 9.47 Å². The lowest BCUT2D eigenvalue weighted by Crippen LogP contribution is -2.60. The Balaban J connectivity index is 2.72. The van der Waals surface area contributed by atoms with Crippen molar-refractivity contribution in [1.29, 1.82) is 0 Å². The third kappa shape index (κ3) is 4.69. The summed E-state index contributed by atoms with van der Waals surface area (Å²) in [5.41, 5.74) is 0. The van der Waals surface area contributed by atoms with Gasteiger partial charge in [-0.3, -0.25) is 4.90 Å². The average molecular weight is 355 g/mol. The first-order valence-corrected chi connectivity index (χ1v) is 7.15. The molecule has 1 aliphatic heterocycles. The Kier molecular flexibility index (Phi) is 6.68. The third-order valence-corrected chi connectivity index (χ3v) is 3.55. The molecule has 1 aliphatic rings. The van der Waals surface area contributed by atoms with Crippen LogP contribution in [0, 0.1) is 5.92 Å². The van der Waals surface area contributed by atoms with E-state index in [1.807, 2.05) is 0 Å². The minimum Gasteiger partial charge on any atom is -0.379 e. The van der Waals surface area contributed by atoms with Crippen LogP contribution in [-0.4, -0.2) is 68.5 Å². The van der Waals surface area contributed by atoms with Gasteiger partial charge in [-0.2, -0.15) is 30.7 Å².